The van der Waals surface area contributed by atoms with Gasteiger partial charge in [-0.2, -0.15) is 0 Å². The van der Waals surface area contributed by atoms with Crippen LogP contribution in [-0.2, 0) is 34.1 Å². The van der Waals surface area contributed by atoms with Gasteiger partial charge >= 0.3 is 59.1 Å². The van der Waals surface area contributed by atoms with Crippen molar-refractivity contribution in [2.75, 3.05) is 0 Å². The molecule has 0 heterocycles. The van der Waals surface area contributed by atoms with Crippen molar-refractivity contribution in [1.82, 2.24) is 0 Å². The third-order valence-corrected chi connectivity index (χ3v) is 0. The van der Waals surface area contributed by atoms with Crippen LogP contribution in [0.3, 0.4) is 0 Å². The summed E-state index contributed by atoms with van der Waals surface area (Å²) >= 11 is 0. The van der Waals surface area contributed by atoms with Gasteiger partial charge in [0, 0.05) is 34.1 Å². The molecular weight excluding hydrogens is 158 g/mol. The molecular formula is H2Fe2Na2. The number of rotatable bonds is 0. The van der Waals surface area contributed by atoms with Gasteiger partial charge in [0.25, 0.3) is 0 Å². The predicted molar refractivity (Wildman–Crippen MR) is 14.3 cm³/mol. The third-order valence-electron chi connectivity index (χ3n) is 0. The molecule has 0 aromatic heterocycles. The summed E-state index contributed by atoms with van der Waals surface area (Å²) in [5, 5.41) is 0. The van der Waals surface area contributed by atoms with Crippen molar-refractivity contribution in [1.29, 1.82) is 0 Å². The second kappa shape index (κ2) is 16.6. The Balaban J connectivity index is 0. The molecule has 0 fully saturated rings. The standard InChI is InChI=1S/2Fe.2Na.2H. The summed E-state index contributed by atoms with van der Waals surface area (Å²) in [4.78, 5) is 0. The van der Waals surface area contributed by atoms with E-state index in [4.69, 9.17) is 0 Å². The molecule has 4 heteroatoms. The first-order valence-corrected chi connectivity index (χ1v) is 0. The molecule has 0 radical (unpaired) electrons. The Labute approximate surface area is 91.4 Å². The van der Waals surface area contributed by atoms with E-state index in [9.17, 15) is 0 Å². The minimum absolute atomic E-state index is 0. The van der Waals surface area contributed by atoms with Crippen molar-refractivity contribution in [3.8, 4) is 0 Å². The van der Waals surface area contributed by atoms with Crippen LogP contribution in [0.2, 0.25) is 0 Å². The number of hydrogen-bond donors (Lipinski definition) is 0. The van der Waals surface area contributed by atoms with Crippen LogP contribution in [0.1, 0.15) is 0 Å². The Morgan fingerprint density at radius 3 is 0.500 bits per heavy atom. The molecule has 0 aliphatic carbocycles. The van der Waals surface area contributed by atoms with Crippen molar-refractivity contribution < 1.29 is 34.1 Å². The van der Waals surface area contributed by atoms with Gasteiger partial charge in [-0.05, 0) is 0 Å². The summed E-state index contributed by atoms with van der Waals surface area (Å²) < 4.78 is 0. The van der Waals surface area contributed by atoms with Crippen LogP contribution < -0.4 is 0 Å². The second-order valence-corrected chi connectivity index (χ2v) is 0. The van der Waals surface area contributed by atoms with Gasteiger partial charge in [-0.15, -0.1) is 0 Å². The quantitative estimate of drug-likeness (QED) is 0.386. The minimum atomic E-state index is 0. The van der Waals surface area contributed by atoms with E-state index in [2.05, 4.69) is 0 Å². The van der Waals surface area contributed by atoms with E-state index < -0.39 is 0 Å². The van der Waals surface area contributed by atoms with Crippen LogP contribution in [0, 0.1) is 0 Å². The van der Waals surface area contributed by atoms with Crippen molar-refractivity contribution >= 4 is 59.1 Å². The fourth-order valence-electron chi connectivity index (χ4n) is 0. The monoisotopic (exact) mass is 160 g/mol. The Bertz CT molecular complexity index is 4.00. The molecule has 0 saturated carbocycles. The first-order chi connectivity index (χ1) is 0. The molecule has 0 aromatic carbocycles. The Hall–Kier alpha value is 3.04. The molecule has 0 aromatic rings. The molecule has 0 amide bonds. The molecule has 0 aliphatic heterocycles. The summed E-state index contributed by atoms with van der Waals surface area (Å²) in [5.74, 6) is 0. The van der Waals surface area contributed by atoms with Crippen LogP contribution in [0.4, 0.5) is 0 Å². The van der Waals surface area contributed by atoms with Crippen molar-refractivity contribution in [3.05, 3.63) is 0 Å². The molecule has 4 heavy (non-hydrogen) atoms. The summed E-state index contributed by atoms with van der Waals surface area (Å²) in [6, 6.07) is 0. The fraction of sp³-hybridized carbons (Fsp3) is 0. The Morgan fingerprint density at radius 2 is 0.500 bits per heavy atom. The average Bonchev–Trinajstić information content (AvgIpc) is 0. The summed E-state index contributed by atoms with van der Waals surface area (Å²) in [6.45, 7) is 0. The molecule has 0 atom stereocenters. The van der Waals surface area contributed by atoms with Gasteiger partial charge in [0.1, 0.15) is 0 Å². The molecule has 0 spiro atoms. The van der Waals surface area contributed by atoms with Gasteiger partial charge in [-0.1, -0.05) is 0 Å². The van der Waals surface area contributed by atoms with Crippen LogP contribution in [0.5, 0.6) is 0 Å². The van der Waals surface area contributed by atoms with E-state index >= 15 is 0 Å². The van der Waals surface area contributed by atoms with Crippen LogP contribution in [-0.4, -0.2) is 59.1 Å². The zero-order valence-electron chi connectivity index (χ0n) is 0.707. The average molecular weight is 160 g/mol. The molecule has 0 nitrogen and oxygen atoms in total. The third kappa shape index (κ3) is 8.90. The summed E-state index contributed by atoms with van der Waals surface area (Å²) in [7, 11) is 0. The van der Waals surface area contributed by atoms with Crippen molar-refractivity contribution in [3.63, 3.8) is 0 Å². The maximum atomic E-state index is 0. The maximum absolute atomic E-state index is 0. The molecule has 0 unspecified atom stereocenters. The SMILES string of the molecule is [Fe].[Fe].[NaH].[NaH]. The fourth-order valence-corrected chi connectivity index (χ4v) is 0. The van der Waals surface area contributed by atoms with E-state index in [0.717, 1.165) is 0 Å². The molecule has 0 bridgehead atoms. The second-order valence-electron chi connectivity index (χ2n) is 0. The zero-order valence-corrected chi connectivity index (χ0v) is 2.92. The number of hydrogen-bond acceptors (Lipinski definition) is 0. The first-order valence-electron chi connectivity index (χ1n) is 0. The predicted octanol–water partition coefficient (Wildman–Crippen LogP) is -1.30. The summed E-state index contributed by atoms with van der Waals surface area (Å²) in [6.07, 6.45) is 0. The molecule has 0 saturated heterocycles. The van der Waals surface area contributed by atoms with E-state index in [1.165, 1.54) is 0 Å². The van der Waals surface area contributed by atoms with E-state index in [1.807, 2.05) is 0 Å². The normalized spacial score (nSPS) is 0. The zero-order chi connectivity index (χ0) is 0. The van der Waals surface area contributed by atoms with Gasteiger partial charge in [0.15, 0.2) is 0 Å². The van der Waals surface area contributed by atoms with Crippen molar-refractivity contribution in [2.45, 2.75) is 0 Å². The van der Waals surface area contributed by atoms with Crippen LogP contribution >= 0.6 is 0 Å². The van der Waals surface area contributed by atoms with Gasteiger partial charge in [-0.3, -0.25) is 0 Å². The molecule has 0 N–H and O–H groups in total. The summed E-state index contributed by atoms with van der Waals surface area (Å²) in [5.41, 5.74) is 0. The van der Waals surface area contributed by atoms with Gasteiger partial charge < -0.3 is 0 Å². The van der Waals surface area contributed by atoms with Gasteiger partial charge in [-0.25, -0.2) is 0 Å². The Kier molecular flexibility index (Phi) is 115. The molecule has 20 valence electrons. The van der Waals surface area contributed by atoms with Crippen molar-refractivity contribution in [2.24, 2.45) is 0 Å². The van der Waals surface area contributed by atoms with Gasteiger partial charge in [0.2, 0.25) is 0 Å². The Morgan fingerprint density at radius 1 is 0.500 bits per heavy atom. The van der Waals surface area contributed by atoms with Crippen LogP contribution in [0.25, 0.3) is 0 Å². The first kappa shape index (κ1) is 27.8. The topological polar surface area (TPSA) is 0 Å². The van der Waals surface area contributed by atoms with E-state index in [0.29, 0.717) is 0 Å². The van der Waals surface area contributed by atoms with Gasteiger partial charge in [0.05, 0.1) is 0 Å². The molecule has 0 aliphatic rings. The van der Waals surface area contributed by atoms with E-state index in [1.54, 1.807) is 0 Å². The van der Waals surface area contributed by atoms with E-state index in [-0.39, 0.29) is 93.3 Å². The molecule has 0 rings (SSSR count). The van der Waals surface area contributed by atoms with Crippen LogP contribution in [0.15, 0.2) is 0 Å².